The Hall–Kier alpha value is -1.77. The highest BCUT2D eigenvalue weighted by Crippen LogP contribution is 2.33. The molecule has 0 atom stereocenters. The fraction of sp³-hybridized carbons (Fsp3) is 0.471. The maximum absolute atomic E-state index is 4.71. The normalized spacial score (nSPS) is 15.3. The summed E-state index contributed by atoms with van der Waals surface area (Å²) in [6, 6.07) is 6.94. The number of benzene rings is 1. The number of aromatic nitrogens is 1. The molecule has 0 unspecified atom stereocenters. The molecule has 2 aromatic rings. The van der Waals surface area contributed by atoms with Crippen molar-refractivity contribution in [2.75, 3.05) is 23.3 Å². The second-order valence-corrected chi connectivity index (χ2v) is 5.99. The van der Waals surface area contributed by atoms with Crippen molar-refractivity contribution in [3.63, 3.8) is 0 Å². The Morgan fingerprint density at radius 1 is 1.20 bits per heavy atom. The molecule has 1 fully saturated rings. The largest absolute Gasteiger partial charge is 0.382 e. The predicted octanol–water partition coefficient (Wildman–Crippen LogP) is 3.96. The van der Waals surface area contributed by atoms with E-state index < -0.39 is 0 Å². The van der Waals surface area contributed by atoms with Crippen LogP contribution in [0.15, 0.2) is 24.4 Å². The molecule has 0 saturated carbocycles. The van der Waals surface area contributed by atoms with Gasteiger partial charge in [0.2, 0.25) is 0 Å². The van der Waals surface area contributed by atoms with Crippen molar-refractivity contribution in [1.29, 1.82) is 0 Å². The summed E-state index contributed by atoms with van der Waals surface area (Å²) >= 11 is 0. The monoisotopic (exact) mass is 269 g/mol. The van der Waals surface area contributed by atoms with Gasteiger partial charge in [-0.05, 0) is 45.2 Å². The van der Waals surface area contributed by atoms with Crippen molar-refractivity contribution in [3.05, 3.63) is 30.0 Å². The van der Waals surface area contributed by atoms with Crippen LogP contribution in [0.5, 0.6) is 0 Å². The topological polar surface area (TPSA) is 28.2 Å². The molecule has 3 rings (SSSR count). The van der Waals surface area contributed by atoms with Gasteiger partial charge in [-0.15, -0.1) is 0 Å². The zero-order valence-electron chi connectivity index (χ0n) is 12.6. The van der Waals surface area contributed by atoms with Gasteiger partial charge in [-0.3, -0.25) is 0 Å². The van der Waals surface area contributed by atoms with Crippen molar-refractivity contribution < 1.29 is 0 Å². The Morgan fingerprint density at radius 3 is 2.65 bits per heavy atom. The second-order valence-electron chi connectivity index (χ2n) is 5.99. The van der Waals surface area contributed by atoms with E-state index in [2.05, 4.69) is 49.2 Å². The molecule has 2 heterocycles. The van der Waals surface area contributed by atoms with Crippen LogP contribution in [0, 0.1) is 6.92 Å². The lowest BCUT2D eigenvalue weighted by molar-refractivity contribution is 0.901. The highest BCUT2D eigenvalue weighted by Gasteiger charge is 2.18. The lowest BCUT2D eigenvalue weighted by Gasteiger charge is -2.21. The molecule has 0 spiro atoms. The smallest absolute Gasteiger partial charge is 0.136 e. The molecule has 3 nitrogen and oxygen atoms in total. The van der Waals surface area contributed by atoms with Gasteiger partial charge < -0.3 is 10.2 Å². The number of hydrogen-bond acceptors (Lipinski definition) is 3. The van der Waals surface area contributed by atoms with Crippen molar-refractivity contribution in [2.45, 2.75) is 39.7 Å². The lowest BCUT2D eigenvalue weighted by atomic mass is 10.0. The SMILES string of the molecule is Cc1cnc(N2CCCC2)c2cccc(NC(C)C)c12. The zero-order valence-corrected chi connectivity index (χ0v) is 12.6. The van der Waals surface area contributed by atoms with Gasteiger partial charge in [0.15, 0.2) is 0 Å². The predicted molar refractivity (Wildman–Crippen MR) is 86.7 cm³/mol. The fourth-order valence-corrected chi connectivity index (χ4v) is 3.07. The summed E-state index contributed by atoms with van der Waals surface area (Å²) in [7, 11) is 0. The molecule has 106 valence electrons. The third-order valence-corrected chi connectivity index (χ3v) is 3.93. The lowest BCUT2D eigenvalue weighted by Crippen LogP contribution is -2.19. The van der Waals surface area contributed by atoms with Crippen LogP contribution < -0.4 is 10.2 Å². The van der Waals surface area contributed by atoms with Crippen molar-refractivity contribution in [3.8, 4) is 0 Å². The third kappa shape index (κ3) is 2.33. The van der Waals surface area contributed by atoms with Gasteiger partial charge in [-0.25, -0.2) is 4.98 Å². The van der Waals surface area contributed by atoms with Gasteiger partial charge >= 0.3 is 0 Å². The van der Waals surface area contributed by atoms with Crippen molar-refractivity contribution in [1.82, 2.24) is 4.98 Å². The van der Waals surface area contributed by atoms with Crippen LogP contribution in [0.2, 0.25) is 0 Å². The van der Waals surface area contributed by atoms with E-state index in [1.807, 2.05) is 6.20 Å². The highest BCUT2D eigenvalue weighted by atomic mass is 15.2. The van der Waals surface area contributed by atoms with E-state index in [0.717, 1.165) is 18.9 Å². The van der Waals surface area contributed by atoms with E-state index in [0.29, 0.717) is 6.04 Å². The molecule has 1 aromatic carbocycles. The van der Waals surface area contributed by atoms with E-state index in [1.165, 1.54) is 34.9 Å². The molecule has 1 saturated heterocycles. The maximum atomic E-state index is 4.71. The number of pyridine rings is 1. The first-order valence-electron chi connectivity index (χ1n) is 7.56. The van der Waals surface area contributed by atoms with Crippen LogP contribution in [-0.4, -0.2) is 24.1 Å². The van der Waals surface area contributed by atoms with E-state index in [1.54, 1.807) is 0 Å². The fourth-order valence-electron chi connectivity index (χ4n) is 3.07. The number of nitrogens with zero attached hydrogens (tertiary/aromatic N) is 2. The van der Waals surface area contributed by atoms with E-state index in [9.17, 15) is 0 Å². The molecule has 0 amide bonds. The molecular formula is C17H23N3. The molecule has 1 aliphatic heterocycles. The Bertz CT molecular complexity index is 613. The number of nitrogens with one attached hydrogen (secondary N) is 1. The Labute approximate surface area is 121 Å². The minimum atomic E-state index is 0.434. The van der Waals surface area contributed by atoms with E-state index in [4.69, 9.17) is 4.98 Å². The average molecular weight is 269 g/mol. The Morgan fingerprint density at radius 2 is 1.95 bits per heavy atom. The zero-order chi connectivity index (χ0) is 14.1. The van der Waals surface area contributed by atoms with Gasteiger partial charge in [-0.2, -0.15) is 0 Å². The number of hydrogen-bond donors (Lipinski definition) is 1. The van der Waals surface area contributed by atoms with Gasteiger partial charge in [0.25, 0.3) is 0 Å². The molecule has 3 heteroatoms. The van der Waals surface area contributed by atoms with E-state index in [-0.39, 0.29) is 0 Å². The van der Waals surface area contributed by atoms with Crippen LogP contribution in [0.4, 0.5) is 11.5 Å². The molecular weight excluding hydrogens is 246 g/mol. The summed E-state index contributed by atoms with van der Waals surface area (Å²) in [5.74, 6) is 1.15. The second kappa shape index (κ2) is 5.31. The molecule has 20 heavy (non-hydrogen) atoms. The molecule has 1 N–H and O–H groups in total. The molecule has 0 bridgehead atoms. The summed E-state index contributed by atoms with van der Waals surface area (Å²) in [4.78, 5) is 7.12. The Balaban J connectivity index is 2.16. The maximum Gasteiger partial charge on any atom is 0.136 e. The summed E-state index contributed by atoms with van der Waals surface area (Å²) < 4.78 is 0. The van der Waals surface area contributed by atoms with Crippen LogP contribution in [0.25, 0.3) is 10.8 Å². The number of rotatable bonds is 3. The molecule has 0 radical (unpaired) electrons. The highest BCUT2D eigenvalue weighted by molar-refractivity contribution is 6.02. The average Bonchev–Trinajstić information content (AvgIpc) is 2.92. The molecule has 1 aliphatic rings. The first-order valence-corrected chi connectivity index (χ1v) is 7.56. The van der Waals surface area contributed by atoms with Crippen molar-refractivity contribution >= 4 is 22.3 Å². The Kier molecular flexibility index (Phi) is 3.51. The van der Waals surface area contributed by atoms with Gasteiger partial charge in [0.1, 0.15) is 5.82 Å². The number of fused-ring (bicyclic) bond motifs is 1. The van der Waals surface area contributed by atoms with Crippen LogP contribution >= 0.6 is 0 Å². The summed E-state index contributed by atoms with van der Waals surface area (Å²) in [5, 5.41) is 6.15. The summed E-state index contributed by atoms with van der Waals surface area (Å²) in [5.41, 5.74) is 2.46. The minimum Gasteiger partial charge on any atom is -0.382 e. The standard InChI is InChI=1S/C17H23N3/c1-12(2)19-15-8-6-7-14-16(15)13(3)11-18-17(14)20-9-4-5-10-20/h6-8,11-12,19H,4-5,9-10H2,1-3H3. The molecule has 1 aromatic heterocycles. The quantitative estimate of drug-likeness (QED) is 0.914. The summed E-state index contributed by atoms with van der Waals surface area (Å²) in [6.07, 6.45) is 4.57. The first kappa shape index (κ1) is 13.2. The number of aryl methyl sites for hydroxylation is 1. The number of anilines is 2. The van der Waals surface area contributed by atoms with E-state index >= 15 is 0 Å². The summed E-state index contributed by atoms with van der Waals surface area (Å²) in [6.45, 7) is 8.77. The van der Waals surface area contributed by atoms with Gasteiger partial charge in [-0.1, -0.05) is 12.1 Å². The van der Waals surface area contributed by atoms with Crippen LogP contribution in [0.3, 0.4) is 0 Å². The van der Waals surface area contributed by atoms with Crippen molar-refractivity contribution in [2.24, 2.45) is 0 Å². The first-order chi connectivity index (χ1) is 9.66. The third-order valence-electron chi connectivity index (χ3n) is 3.93. The minimum absolute atomic E-state index is 0.434. The van der Waals surface area contributed by atoms with Crippen LogP contribution in [0.1, 0.15) is 32.3 Å². The molecule has 0 aliphatic carbocycles. The van der Waals surface area contributed by atoms with Crippen LogP contribution in [-0.2, 0) is 0 Å². The van der Waals surface area contributed by atoms with Gasteiger partial charge in [0.05, 0.1) is 0 Å². The van der Waals surface area contributed by atoms with Gasteiger partial charge in [0, 0.05) is 41.8 Å².